The first-order valence-corrected chi connectivity index (χ1v) is 9.98. The molecular formula is C14H26N6O3S. The van der Waals surface area contributed by atoms with Crippen LogP contribution in [0.15, 0.2) is 4.52 Å². The summed E-state index contributed by atoms with van der Waals surface area (Å²) in [4.78, 5) is 6.33. The van der Waals surface area contributed by atoms with Gasteiger partial charge in [-0.3, -0.25) is 4.90 Å². The van der Waals surface area contributed by atoms with Gasteiger partial charge in [0.2, 0.25) is 5.89 Å². The largest absolute Gasteiger partial charge is 0.338 e. The molecule has 0 radical (unpaired) electrons. The molecule has 3 heterocycles. The van der Waals surface area contributed by atoms with Crippen molar-refractivity contribution in [2.45, 2.75) is 38.8 Å². The van der Waals surface area contributed by atoms with Crippen LogP contribution >= 0.6 is 0 Å². The van der Waals surface area contributed by atoms with Crippen molar-refractivity contribution in [3.63, 3.8) is 0 Å². The molecule has 136 valence electrons. The SMILES string of the molecule is NCc1nc(CN2CCN(S(=O)(=O)N3CCCCCC3)CC2)no1. The number of nitrogens with two attached hydrogens (primary N) is 1. The fraction of sp³-hybridized carbons (Fsp3) is 0.857. The normalized spacial score (nSPS) is 22.5. The lowest BCUT2D eigenvalue weighted by molar-refractivity contribution is 0.170. The quantitative estimate of drug-likeness (QED) is 0.774. The maximum Gasteiger partial charge on any atom is 0.282 e. The summed E-state index contributed by atoms with van der Waals surface area (Å²) in [5.41, 5.74) is 5.46. The third kappa shape index (κ3) is 4.12. The maximum atomic E-state index is 12.8. The van der Waals surface area contributed by atoms with Gasteiger partial charge < -0.3 is 10.3 Å². The molecular weight excluding hydrogens is 332 g/mol. The molecule has 24 heavy (non-hydrogen) atoms. The van der Waals surface area contributed by atoms with Crippen molar-refractivity contribution < 1.29 is 12.9 Å². The van der Waals surface area contributed by atoms with E-state index < -0.39 is 10.2 Å². The van der Waals surface area contributed by atoms with Crippen molar-refractivity contribution in [1.29, 1.82) is 0 Å². The summed E-state index contributed by atoms with van der Waals surface area (Å²) >= 11 is 0. The molecule has 0 spiro atoms. The lowest BCUT2D eigenvalue weighted by Gasteiger charge is -2.36. The summed E-state index contributed by atoms with van der Waals surface area (Å²) in [5, 5.41) is 3.88. The second-order valence-electron chi connectivity index (χ2n) is 6.30. The Morgan fingerprint density at radius 3 is 2.17 bits per heavy atom. The summed E-state index contributed by atoms with van der Waals surface area (Å²) in [6.45, 7) is 4.41. The number of nitrogens with zero attached hydrogens (tertiary/aromatic N) is 5. The standard InChI is InChI=1S/C14H26N6O3S/c15-11-14-16-13(17-23-14)12-18-7-9-20(10-8-18)24(21,22)19-5-3-1-2-4-6-19/h1-12,15H2. The van der Waals surface area contributed by atoms with Crippen LogP contribution in [-0.4, -0.2) is 71.3 Å². The Bertz CT molecular complexity index is 618. The van der Waals surface area contributed by atoms with E-state index in [0.29, 0.717) is 57.5 Å². The van der Waals surface area contributed by atoms with E-state index in [-0.39, 0.29) is 6.54 Å². The monoisotopic (exact) mass is 358 g/mol. The second-order valence-corrected chi connectivity index (χ2v) is 8.23. The van der Waals surface area contributed by atoms with E-state index in [4.69, 9.17) is 10.3 Å². The molecule has 1 aromatic heterocycles. The fourth-order valence-electron chi connectivity index (χ4n) is 3.19. The van der Waals surface area contributed by atoms with E-state index in [1.807, 2.05) is 0 Å². The highest BCUT2D eigenvalue weighted by Crippen LogP contribution is 2.18. The molecule has 2 aliphatic heterocycles. The predicted octanol–water partition coefficient (Wildman–Crippen LogP) is -0.233. The Balaban J connectivity index is 1.53. The van der Waals surface area contributed by atoms with Crippen molar-refractivity contribution in [3.05, 3.63) is 11.7 Å². The highest BCUT2D eigenvalue weighted by Gasteiger charge is 2.32. The molecule has 0 saturated carbocycles. The molecule has 0 unspecified atom stereocenters. The van der Waals surface area contributed by atoms with Gasteiger partial charge >= 0.3 is 0 Å². The molecule has 0 aliphatic carbocycles. The summed E-state index contributed by atoms with van der Waals surface area (Å²) < 4.78 is 33.8. The second kappa shape index (κ2) is 7.87. The predicted molar refractivity (Wildman–Crippen MR) is 88.0 cm³/mol. The van der Waals surface area contributed by atoms with Crippen LogP contribution in [0.2, 0.25) is 0 Å². The topological polar surface area (TPSA) is 109 Å². The molecule has 9 nitrogen and oxygen atoms in total. The molecule has 0 amide bonds. The Morgan fingerprint density at radius 1 is 0.958 bits per heavy atom. The average Bonchev–Trinajstić information content (AvgIpc) is 2.86. The Labute approximate surface area is 142 Å². The molecule has 0 aromatic carbocycles. The summed E-state index contributed by atoms with van der Waals surface area (Å²) in [6, 6.07) is 0. The van der Waals surface area contributed by atoms with E-state index in [1.54, 1.807) is 8.61 Å². The van der Waals surface area contributed by atoms with E-state index in [2.05, 4.69) is 15.0 Å². The van der Waals surface area contributed by atoms with Crippen molar-refractivity contribution >= 4 is 10.2 Å². The lowest BCUT2D eigenvalue weighted by atomic mass is 10.2. The minimum Gasteiger partial charge on any atom is -0.338 e. The first kappa shape index (κ1) is 17.7. The van der Waals surface area contributed by atoms with Crippen molar-refractivity contribution in [3.8, 4) is 0 Å². The van der Waals surface area contributed by atoms with E-state index in [1.165, 1.54) is 0 Å². The van der Waals surface area contributed by atoms with Gasteiger partial charge in [-0.2, -0.15) is 22.0 Å². The van der Waals surface area contributed by atoms with Crippen LogP contribution in [0.3, 0.4) is 0 Å². The number of hydrogen-bond donors (Lipinski definition) is 1. The van der Waals surface area contributed by atoms with Gasteiger partial charge in [0.1, 0.15) is 0 Å². The van der Waals surface area contributed by atoms with Gasteiger partial charge in [0.25, 0.3) is 10.2 Å². The van der Waals surface area contributed by atoms with Crippen LogP contribution in [0.25, 0.3) is 0 Å². The molecule has 3 rings (SSSR count). The van der Waals surface area contributed by atoms with Crippen molar-refractivity contribution in [1.82, 2.24) is 23.7 Å². The summed E-state index contributed by atoms with van der Waals surface area (Å²) in [5.74, 6) is 1.02. The highest BCUT2D eigenvalue weighted by molar-refractivity contribution is 7.86. The van der Waals surface area contributed by atoms with Crippen molar-refractivity contribution in [2.24, 2.45) is 5.73 Å². The average molecular weight is 358 g/mol. The highest BCUT2D eigenvalue weighted by atomic mass is 32.2. The Hall–Kier alpha value is -1.07. The third-order valence-electron chi connectivity index (χ3n) is 4.60. The molecule has 0 bridgehead atoms. The van der Waals surface area contributed by atoms with Crippen LogP contribution in [0, 0.1) is 0 Å². The Morgan fingerprint density at radius 2 is 1.58 bits per heavy atom. The molecule has 1 aromatic rings. The number of aromatic nitrogens is 2. The minimum atomic E-state index is -3.33. The van der Waals surface area contributed by atoms with E-state index in [9.17, 15) is 8.42 Å². The lowest BCUT2D eigenvalue weighted by Crippen LogP contribution is -2.53. The Kier molecular flexibility index (Phi) is 5.82. The summed E-state index contributed by atoms with van der Waals surface area (Å²) in [7, 11) is -3.33. The fourth-order valence-corrected chi connectivity index (χ4v) is 4.86. The minimum absolute atomic E-state index is 0.231. The molecule has 10 heteroatoms. The van der Waals surface area contributed by atoms with E-state index >= 15 is 0 Å². The first-order chi connectivity index (χ1) is 11.6. The van der Waals surface area contributed by atoms with Gasteiger partial charge in [-0.1, -0.05) is 18.0 Å². The number of piperazine rings is 1. The summed E-state index contributed by atoms with van der Waals surface area (Å²) in [6.07, 6.45) is 4.16. The van der Waals surface area contributed by atoms with Gasteiger partial charge in [0.15, 0.2) is 5.82 Å². The molecule has 2 aliphatic rings. The molecule has 2 fully saturated rings. The van der Waals surface area contributed by atoms with Crippen LogP contribution in [0.4, 0.5) is 0 Å². The first-order valence-electron chi connectivity index (χ1n) is 8.58. The molecule has 2 N–H and O–H groups in total. The van der Waals surface area contributed by atoms with Crippen molar-refractivity contribution in [2.75, 3.05) is 39.3 Å². The van der Waals surface area contributed by atoms with E-state index in [0.717, 1.165) is 25.7 Å². The third-order valence-corrected chi connectivity index (χ3v) is 6.63. The van der Waals surface area contributed by atoms with Gasteiger partial charge in [-0.25, -0.2) is 0 Å². The van der Waals surface area contributed by atoms with Gasteiger partial charge in [0, 0.05) is 39.3 Å². The van der Waals surface area contributed by atoms with Gasteiger partial charge in [-0.05, 0) is 12.8 Å². The van der Waals surface area contributed by atoms with Crippen LogP contribution in [0.5, 0.6) is 0 Å². The number of rotatable bonds is 5. The van der Waals surface area contributed by atoms with Gasteiger partial charge in [0.05, 0.1) is 13.1 Å². The maximum absolute atomic E-state index is 12.8. The smallest absolute Gasteiger partial charge is 0.282 e. The zero-order chi connectivity index (χ0) is 17.0. The zero-order valence-electron chi connectivity index (χ0n) is 13.9. The van der Waals surface area contributed by atoms with Crippen LogP contribution in [0.1, 0.15) is 37.4 Å². The zero-order valence-corrected chi connectivity index (χ0v) is 14.7. The van der Waals surface area contributed by atoms with Crippen LogP contribution < -0.4 is 5.73 Å². The van der Waals surface area contributed by atoms with Gasteiger partial charge in [-0.15, -0.1) is 0 Å². The van der Waals surface area contributed by atoms with Crippen LogP contribution in [-0.2, 0) is 23.3 Å². The molecule has 2 saturated heterocycles. The number of hydrogen-bond acceptors (Lipinski definition) is 7. The molecule has 0 atom stereocenters.